The van der Waals surface area contributed by atoms with Gasteiger partial charge < -0.3 is 14.6 Å². The molecule has 6 nitrogen and oxygen atoms in total. The third-order valence-electron chi connectivity index (χ3n) is 2.22. The summed E-state index contributed by atoms with van der Waals surface area (Å²) in [5.41, 5.74) is 0.0130. The van der Waals surface area contributed by atoms with E-state index in [4.69, 9.17) is 14.6 Å². The molecule has 0 fully saturated rings. The van der Waals surface area contributed by atoms with Gasteiger partial charge in [0.1, 0.15) is 11.5 Å². The Balaban J connectivity index is 2.06. The van der Waals surface area contributed by atoms with Crippen LogP contribution in [0, 0.1) is 0 Å². The molecular weight excluding hydrogens is 248 g/mol. The average Bonchev–Trinajstić information content (AvgIpc) is 2.42. The summed E-state index contributed by atoms with van der Waals surface area (Å²) in [4.78, 5) is 18.3. The van der Waals surface area contributed by atoms with Gasteiger partial charge in [-0.25, -0.2) is 14.8 Å². The molecular formula is C13H12N2O4. The third-order valence-corrected chi connectivity index (χ3v) is 2.22. The van der Waals surface area contributed by atoms with E-state index < -0.39 is 5.97 Å². The molecule has 1 N–H and O–H groups in total. The molecule has 0 saturated heterocycles. The summed E-state index contributed by atoms with van der Waals surface area (Å²) in [5.74, 6) is 0.219. The van der Waals surface area contributed by atoms with Crippen LogP contribution in [-0.4, -0.2) is 27.7 Å². The first-order chi connectivity index (χ1) is 9.19. The molecule has 6 heteroatoms. The van der Waals surface area contributed by atoms with Crippen LogP contribution in [0.2, 0.25) is 0 Å². The van der Waals surface area contributed by atoms with Gasteiger partial charge in [-0.15, -0.1) is 0 Å². The van der Waals surface area contributed by atoms with Crippen molar-refractivity contribution < 1.29 is 19.4 Å². The van der Waals surface area contributed by atoms with Gasteiger partial charge in [-0.2, -0.15) is 0 Å². The normalized spacial score (nSPS) is 9.95. The minimum atomic E-state index is -1.08. The summed E-state index contributed by atoms with van der Waals surface area (Å²) >= 11 is 0. The Morgan fingerprint density at radius 2 is 1.74 bits per heavy atom. The van der Waals surface area contributed by atoms with Crippen molar-refractivity contribution in [1.29, 1.82) is 0 Å². The highest BCUT2D eigenvalue weighted by Crippen LogP contribution is 2.21. The highest BCUT2D eigenvalue weighted by molar-refractivity contribution is 5.86. The van der Waals surface area contributed by atoms with Gasteiger partial charge in [0.15, 0.2) is 0 Å². The fourth-order valence-electron chi connectivity index (χ4n) is 1.36. The number of carbonyl (C=O) groups is 1. The molecule has 0 amide bonds. The molecule has 19 heavy (non-hydrogen) atoms. The van der Waals surface area contributed by atoms with E-state index in [9.17, 15) is 4.79 Å². The van der Waals surface area contributed by atoms with Crippen LogP contribution in [-0.2, 0) is 0 Å². The zero-order valence-corrected chi connectivity index (χ0v) is 10.2. The van der Waals surface area contributed by atoms with Crippen molar-refractivity contribution in [3.63, 3.8) is 0 Å². The zero-order chi connectivity index (χ0) is 13.7. The van der Waals surface area contributed by atoms with Gasteiger partial charge in [-0.3, -0.25) is 0 Å². The molecule has 1 aromatic carbocycles. The summed E-state index contributed by atoms with van der Waals surface area (Å²) in [6.07, 6.45) is 2.39. The van der Waals surface area contributed by atoms with Crippen LogP contribution in [0.3, 0.4) is 0 Å². The van der Waals surface area contributed by atoms with Crippen molar-refractivity contribution in [1.82, 2.24) is 9.97 Å². The van der Waals surface area contributed by atoms with Gasteiger partial charge in [0.25, 0.3) is 0 Å². The quantitative estimate of drug-likeness (QED) is 0.888. The van der Waals surface area contributed by atoms with Crippen LogP contribution in [0.4, 0.5) is 0 Å². The van der Waals surface area contributed by atoms with Gasteiger partial charge in [0.2, 0.25) is 0 Å². The van der Waals surface area contributed by atoms with Gasteiger partial charge >= 0.3 is 12.0 Å². The van der Waals surface area contributed by atoms with E-state index in [1.165, 1.54) is 12.4 Å². The lowest BCUT2D eigenvalue weighted by atomic mass is 10.3. The Hall–Kier alpha value is -2.63. The summed E-state index contributed by atoms with van der Waals surface area (Å²) in [5, 5.41) is 8.71. The molecule has 1 heterocycles. The monoisotopic (exact) mass is 260 g/mol. The maximum absolute atomic E-state index is 10.6. The fourth-order valence-corrected chi connectivity index (χ4v) is 1.36. The van der Waals surface area contributed by atoms with Crippen molar-refractivity contribution in [2.24, 2.45) is 0 Å². The minimum Gasteiger partial charge on any atom is -0.494 e. The lowest BCUT2D eigenvalue weighted by Gasteiger charge is -2.05. The van der Waals surface area contributed by atoms with E-state index in [-0.39, 0.29) is 11.6 Å². The number of nitrogens with zero attached hydrogens (tertiary/aromatic N) is 2. The molecule has 0 saturated carbocycles. The predicted octanol–water partition coefficient (Wildman–Crippen LogP) is 2.37. The molecule has 2 aromatic rings. The van der Waals surface area contributed by atoms with Crippen molar-refractivity contribution in [3.05, 3.63) is 42.2 Å². The van der Waals surface area contributed by atoms with Gasteiger partial charge in [-0.1, -0.05) is 0 Å². The first kappa shape index (κ1) is 12.8. The van der Waals surface area contributed by atoms with Crippen molar-refractivity contribution >= 4 is 5.97 Å². The number of hydrogen-bond acceptors (Lipinski definition) is 5. The van der Waals surface area contributed by atoms with Crippen LogP contribution in [0.1, 0.15) is 17.3 Å². The number of hydrogen-bond donors (Lipinski definition) is 1. The molecule has 0 spiro atoms. The van der Waals surface area contributed by atoms with E-state index in [1.807, 2.05) is 6.92 Å². The largest absolute Gasteiger partial charge is 0.494 e. The van der Waals surface area contributed by atoms with Crippen molar-refractivity contribution in [2.75, 3.05) is 6.61 Å². The van der Waals surface area contributed by atoms with E-state index in [0.29, 0.717) is 12.4 Å². The van der Waals surface area contributed by atoms with E-state index in [1.54, 1.807) is 24.3 Å². The summed E-state index contributed by atoms with van der Waals surface area (Å²) in [7, 11) is 0. The summed E-state index contributed by atoms with van der Waals surface area (Å²) < 4.78 is 10.7. The molecule has 0 atom stereocenters. The number of carboxylic acids is 1. The summed E-state index contributed by atoms with van der Waals surface area (Å²) in [6.45, 7) is 2.50. The lowest BCUT2D eigenvalue weighted by Crippen LogP contribution is -1.99. The Kier molecular flexibility index (Phi) is 3.92. The van der Waals surface area contributed by atoms with Crippen molar-refractivity contribution in [2.45, 2.75) is 6.92 Å². The van der Waals surface area contributed by atoms with E-state index >= 15 is 0 Å². The fraction of sp³-hybridized carbons (Fsp3) is 0.154. The third kappa shape index (κ3) is 3.41. The number of benzene rings is 1. The highest BCUT2D eigenvalue weighted by Gasteiger charge is 2.05. The molecule has 0 aliphatic carbocycles. The van der Waals surface area contributed by atoms with Crippen LogP contribution >= 0.6 is 0 Å². The second kappa shape index (κ2) is 5.81. The smallest absolute Gasteiger partial charge is 0.338 e. The first-order valence-electron chi connectivity index (χ1n) is 5.65. The number of rotatable bonds is 5. The summed E-state index contributed by atoms with van der Waals surface area (Å²) in [6, 6.07) is 7.07. The molecule has 0 unspecified atom stereocenters. The lowest BCUT2D eigenvalue weighted by molar-refractivity contribution is 0.0696. The van der Waals surface area contributed by atoms with E-state index in [2.05, 4.69) is 9.97 Å². The zero-order valence-electron chi connectivity index (χ0n) is 10.2. The van der Waals surface area contributed by atoms with Crippen LogP contribution in [0.15, 0.2) is 36.7 Å². The number of ether oxygens (including phenoxy) is 2. The van der Waals surface area contributed by atoms with Gasteiger partial charge in [-0.05, 0) is 31.2 Å². The Morgan fingerprint density at radius 3 is 2.26 bits per heavy atom. The molecule has 1 aromatic heterocycles. The second-order valence-corrected chi connectivity index (χ2v) is 3.57. The van der Waals surface area contributed by atoms with Crippen LogP contribution in [0.5, 0.6) is 17.5 Å². The maximum Gasteiger partial charge on any atom is 0.338 e. The number of aromatic nitrogens is 2. The molecule has 0 radical (unpaired) electrons. The standard InChI is InChI=1S/C13H12N2O4/c1-2-18-10-3-5-11(6-4-10)19-13-14-7-9(8-15-13)12(16)17/h3-8H,2H2,1H3,(H,16,17). The molecule has 0 bridgehead atoms. The Morgan fingerprint density at radius 1 is 1.16 bits per heavy atom. The van der Waals surface area contributed by atoms with Crippen LogP contribution < -0.4 is 9.47 Å². The van der Waals surface area contributed by atoms with Crippen molar-refractivity contribution in [3.8, 4) is 17.5 Å². The minimum absolute atomic E-state index is 0.0130. The Labute approximate surface area is 109 Å². The molecule has 2 rings (SSSR count). The van der Waals surface area contributed by atoms with E-state index in [0.717, 1.165) is 5.75 Å². The molecule has 0 aliphatic rings. The highest BCUT2D eigenvalue weighted by atomic mass is 16.5. The predicted molar refractivity (Wildman–Crippen MR) is 66.7 cm³/mol. The maximum atomic E-state index is 10.6. The van der Waals surface area contributed by atoms with Crippen LogP contribution in [0.25, 0.3) is 0 Å². The SMILES string of the molecule is CCOc1ccc(Oc2ncc(C(=O)O)cn2)cc1. The number of aromatic carboxylic acids is 1. The molecule has 0 aliphatic heterocycles. The topological polar surface area (TPSA) is 81.5 Å². The van der Waals surface area contributed by atoms with Gasteiger partial charge in [0, 0.05) is 12.4 Å². The van der Waals surface area contributed by atoms with Gasteiger partial charge in [0.05, 0.1) is 12.2 Å². The first-order valence-corrected chi connectivity index (χ1v) is 5.65. The number of carboxylic acid groups (broad SMARTS) is 1. The average molecular weight is 260 g/mol. The Bertz CT molecular complexity index is 552. The second-order valence-electron chi connectivity index (χ2n) is 3.57. The molecule has 98 valence electrons.